The third kappa shape index (κ3) is 21.2. The van der Waals surface area contributed by atoms with Crippen LogP contribution < -0.4 is 28.7 Å². The maximum Gasteiger partial charge on any atom is 0.321 e. The predicted molar refractivity (Wildman–Crippen MR) is 139 cm³/mol. The lowest BCUT2D eigenvalue weighted by molar-refractivity contribution is -0.140. The molecule has 1 amide bonds. The molecule has 0 aromatic heterocycles. The van der Waals surface area contributed by atoms with Crippen molar-refractivity contribution in [3.8, 4) is 5.75 Å². The number of carboxylic acids is 4. The summed E-state index contributed by atoms with van der Waals surface area (Å²) in [5.74, 6) is -4.71. The second-order valence-corrected chi connectivity index (χ2v) is 7.66. The van der Waals surface area contributed by atoms with Crippen LogP contribution in [0.2, 0.25) is 0 Å². The highest BCUT2D eigenvalue weighted by Crippen LogP contribution is 2.10. The van der Waals surface area contributed by atoms with E-state index in [9.17, 15) is 24.0 Å². The molecule has 15 nitrogen and oxygen atoms in total. The van der Waals surface area contributed by atoms with Gasteiger partial charge in [-0.15, -0.1) is 0 Å². The van der Waals surface area contributed by atoms with E-state index in [-0.39, 0.29) is 25.1 Å². The van der Waals surface area contributed by atoms with Crippen molar-refractivity contribution in [1.82, 2.24) is 0 Å². The molecule has 0 saturated carbocycles. The van der Waals surface area contributed by atoms with E-state index in [1.165, 1.54) is 12.1 Å². The maximum atomic E-state index is 10.4. The van der Waals surface area contributed by atoms with E-state index in [2.05, 4.69) is 11.5 Å². The largest absolute Gasteiger partial charge is 0.508 e. The Hall–Kier alpha value is -4.57. The average molecular weight is 554 g/mol. The fraction of sp³-hybridized carbons (Fsp3) is 0.292. The molecule has 0 radical (unpaired) electrons. The van der Waals surface area contributed by atoms with Gasteiger partial charge in [-0.3, -0.25) is 24.0 Å². The van der Waals surface area contributed by atoms with Gasteiger partial charge in [0.25, 0.3) is 0 Å². The molecular formula is C24H35N5O10. The van der Waals surface area contributed by atoms with E-state index in [0.717, 1.165) is 11.1 Å². The molecule has 0 fully saturated rings. The van der Waals surface area contributed by atoms with Gasteiger partial charge in [0.1, 0.15) is 23.9 Å². The maximum absolute atomic E-state index is 10.4. The minimum atomic E-state index is -1.21. The topological polar surface area (TPSA) is 317 Å². The van der Waals surface area contributed by atoms with Crippen LogP contribution in [0.5, 0.6) is 5.75 Å². The summed E-state index contributed by atoms with van der Waals surface area (Å²) in [5.41, 5.74) is 26.6. The van der Waals surface area contributed by atoms with Crippen molar-refractivity contribution >= 4 is 29.8 Å². The molecule has 0 aliphatic heterocycles. The first-order chi connectivity index (χ1) is 18.1. The zero-order valence-corrected chi connectivity index (χ0v) is 20.9. The highest BCUT2D eigenvalue weighted by Gasteiger charge is 2.13. The molecule has 0 spiro atoms. The van der Waals surface area contributed by atoms with Gasteiger partial charge in [0.2, 0.25) is 5.91 Å². The number of amides is 1. The highest BCUT2D eigenvalue weighted by molar-refractivity contribution is 5.83. The minimum Gasteiger partial charge on any atom is -0.508 e. The summed E-state index contributed by atoms with van der Waals surface area (Å²) in [5, 5.41) is 41.7. The fourth-order valence-electron chi connectivity index (χ4n) is 2.23. The first-order valence-corrected chi connectivity index (χ1v) is 11.1. The van der Waals surface area contributed by atoms with Crippen molar-refractivity contribution in [1.29, 1.82) is 0 Å². The number of nitrogens with two attached hydrogens (primary N) is 5. The van der Waals surface area contributed by atoms with Crippen LogP contribution in [0.4, 0.5) is 0 Å². The van der Waals surface area contributed by atoms with Gasteiger partial charge in [0.05, 0.1) is 13.0 Å². The van der Waals surface area contributed by atoms with Gasteiger partial charge >= 0.3 is 23.9 Å². The summed E-state index contributed by atoms with van der Waals surface area (Å²) in [4.78, 5) is 49.9. The van der Waals surface area contributed by atoms with Crippen LogP contribution in [0, 0.1) is 0 Å². The number of hydrogen-bond acceptors (Lipinski definition) is 10. The third-order valence-corrected chi connectivity index (χ3v) is 4.24. The lowest BCUT2D eigenvalue weighted by atomic mass is 10.1. The van der Waals surface area contributed by atoms with E-state index in [1.807, 2.05) is 30.3 Å². The molecule has 0 unspecified atom stereocenters. The van der Waals surface area contributed by atoms with Gasteiger partial charge in [-0.1, -0.05) is 42.5 Å². The number of aromatic hydroxyl groups is 1. The zero-order valence-electron chi connectivity index (χ0n) is 20.9. The van der Waals surface area contributed by atoms with Crippen molar-refractivity contribution in [2.24, 2.45) is 28.7 Å². The summed E-state index contributed by atoms with van der Waals surface area (Å²) in [7, 11) is 0. The SMILES string of the molecule is NC(=O)C[C@H](N)C(=O)O.NCC(=O)O.N[C@@H](Cc1ccc(O)cc1)C(=O)O.N[C@@H](Cc1ccccc1)C(=O)O. The van der Waals surface area contributed by atoms with Gasteiger partial charge in [-0.2, -0.15) is 0 Å². The molecule has 2 rings (SSSR count). The van der Waals surface area contributed by atoms with Gasteiger partial charge < -0.3 is 54.2 Å². The quantitative estimate of drug-likeness (QED) is 0.157. The van der Waals surface area contributed by atoms with Gasteiger partial charge in [0, 0.05) is 0 Å². The lowest BCUT2D eigenvalue weighted by Crippen LogP contribution is -2.34. The van der Waals surface area contributed by atoms with Crippen LogP contribution in [0.1, 0.15) is 17.5 Å². The first kappa shape index (κ1) is 36.6. The van der Waals surface area contributed by atoms with Crippen LogP contribution >= 0.6 is 0 Å². The molecule has 15 N–H and O–H groups in total. The summed E-state index contributed by atoms with van der Waals surface area (Å²) < 4.78 is 0. The lowest BCUT2D eigenvalue weighted by Gasteiger charge is -2.05. The second kappa shape index (κ2) is 20.5. The third-order valence-electron chi connectivity index (χ3n) is 4.24. The van der Waals surface area contributed by atoms with Crippen molar-refractivity contribution < 1.29 is 49.5 Å². The molecule has 216 valence electrons. The molecule has 0 aliphatic carbocycles. The van der Waals surface area contributed by atoms with Crippen LogP contribution in [-0.4, -0.2) is 80.0 Å². The van der Waals surface area contributed by atoms with Crippen molar-refractivity contribution in [2.45, 2.75) is 37.4 Å². The second-order valence-electron chi connectivity index (χ2n) is 7.66. The van der Waals surface area contributed by atoms with Crippen LogP contribution in [0.3, 0.4) is 0 Å². The van der Waals surface area contributed by atoms with E-state index >= 15 is 0 Å². The Balaban J connectivity index is 0. The normalized spacial score (nSPS) is 11.8. The Morgan fingerprint density at radius 3 is 1.28 bits per heavy atom. The standard InChI is InChI=1S/C9H11NO3.C9H11NO2.C4H8N2O3.C2H5NO2/c10-8(9(12)13)5-6-1-3-7(11)4-2-6;10-8(9(11)12)6-7-4-2-1-3-5-7;5-2(4(8)9)1-3(6)7;3-1-2(4)5/h1-4,8,11H,5,10H2,(H,12,13);1-5,8H,6,10H2,(H,11,12);2H,1,5H2,(H2,6,7)(H,8,9);1,3H2,(H,4,5)/t2*8-;2-;/m000./s1. The van der Waals surface area contributed by atoms with E-state index in [4.69, 9.17) is 42.7 Å². The molecule has 2 aromatic carbocycles. The first-order valence-electron chi connectivity index (χ1n) is 11.1. The molecule has 2 aromatic rings. The highest BCUT2D eigenvalue weighted by atomic mass is 16.4. The molecule has 0 heterocycles. The fourth-order valence-corrected chi connectivity index (χ4v) is 2.23. The zero-order chi connectivity index (χ0) is 30.5. The van der Waals surface area contributed by atoms with Crippen molar-refractivity contribution in [3.05, 3.63) is 65.7 Å². The molecule has 15 heteroatoms. The Bertz CT molecular complexity index is 1040. The molecule has 3 atom stereocenters. The number of carbonyl (C=O) groups excluding carboxylic acids is 1. The summed E-state index contributed by atoms with van der Waals surface area (Å²) >= 11 is 0. The molecular weight excluding hydrogens is 518 g/mol. The number of carbonyl (C=O) groups is 5. The Morgan fingerprint density at radius 2 is 1.00 bits per heavy atom. The minimum absolute atomic E-state index is 0.160. The predicted octanol–water partition coefficient (Wildman–Crippen LogP) is -1.71. The van der Waals surface area contributed by atoms with Gasteiger partial charge in [-0.05, 0) is 36.1 Å². The van der Waals surface area contributed by atoms with Crippen LogP contribution in [0.25, 0.3) is 0 Å². The van der Waals surface area contributed by atoms with Gasteiger partial charge in [0.15, 0.2) is 0 Å². The van der Waals surface area contributed by atoms with E-state index < -0.39 is 47.9 Å². The van der Waals surface area contributed by atoms with Crippen molar-refractivity contribution in [3.63, 3.8) is 0 Å². The summed E-state index contributed by atoms with van der Waals surface area (Å²) in [6, 6.07) is 12.8. The monoisotopic (exact) mass is 553 g/mol. The van der Waals surface area contributed by atoms with Crippen LogP contribution in [-0.2, 0) is 36.8 Å². The van der Waals surface area contributed by atoms with Crippen molar-refractivity contribution in [2.75, 3.05) is 6.54 Å². The number of primary amides is 1. The average Bonchev–Trinajstić information content (AvgIpc) is 2.86. The number of aliphatic carboxylic acids is 4. The summed E-state index contributed by atoms with van der Waals surface area (Å²) in [6.07, 6.45) is 0.348. The molecule has 0 saturated heterocycles. The number of phenols is 1. The van der Waals surface area contributed by atoms with Gasteiger partial charge in [-0.25, -0.2) is 0 Å². The van der Waals surface area contributed by atoms with E-state index in [1.54, 1.807) is 12.1 Å². The molecule has 0 bridgehead atoms. The number of hydrogen-bond donors (Lipinski definition) is 10. The Labute approximate surface area is 223 Å². The number of rotatable bonds is 10. The Morgan fingerprint density at radius 1 is 0.641 bits per heavy atom. The van der Waals surface area contributed by atoms with E-state index in [0.29, 0.717) is 6.42 Å². The molecule has 0 aliphatic rings. The number of phenolic OH excluding ortho intramolecular Hbond substituents is 1. The van der Waals surface area contributed by atoms with Crippen LogP contribution in [0.15, 0.2) is 54.6 Å². The number of carboxylic acid groups (broad SMARTS) is 4. The smallest absolute Gasteiger partial charge is 0.321 e. The molecule has 39 heavy (non-hydrogen) atoms. The number of benzene rings is 2. The Kier molecular flexibility index (Phi) is 19.2. The summed E-state index contributed by atoms with van der Waals surface area (Å²) in [6.45, 7) is -0.278.